The number of amides is 1. The number of allylic oxidation sites excluding steroid dienone is 1. The quantitative estimate of drug-likeness (QED) is 0.370. The molecule has 0 fully saturated rings. The van der Waals surface area contributed by atoms with Crippen LogP contribution in [0.1, 0.15) is 16.8 Å². The molecule has 0 unspecified atom stereocenters. The molecular weight excluding hydrogens is 508 g/mol. The zero-order chi connectivity index (χ0) is 21.1. The lowest BCUT2D eigenvalue weighted by atomic mass is 10.0. The number of carbonyl (C=O) groups is 1. The van der Waals surface area contributed by atoms with Crippen molar-refractivity contribution < 1.29 is 44.3 Å². The molecule has 0 aliphatic rings. The first-order valence-corrected chi connectivity index (χ1v) is 8.12. The summed E-state index contributed by atoms with van der Waals surface area (Å²) in [5.74, 6) is -20.0. The van der Waals surface area contributed by atoms with Gasteiger partial charge in [0.05, 0.1) is 0 Å². The van der Waals surface area contributed by atoms with Crippen LogP contribution in [0.15, 0.2) is 40.0 Å². The van der Waals surface area contributed by atoms with Crippen LogP contribution in [0.5, 0.6) is 0 Å². The van der Waals surface area contributed by atoms with Crippen molar-refractivity contribution in [2.45, 2.75) is 30.4 Å². The van der Waals surface area contributed by atoms with Gasteiger partial charge >= 0.3 is 23.9 Å². The molecule has 1 aromatic carbocycles. The van der Waals surface area contributed by atoms with Crippen molar-refractivity contribution in [1.29, 1.82) is 0 Å². The number of hydrogen-bond donors (Lipinski definition) is 1. The topological polar surface area (TPSA) is 29.1 Å². The van der Waals surface area contributed by atoms with E-state index in [1.807, 2.05) is 0 Å². The van der Waals surface area contributed by atoms with Crippen LogP contribution in [0, 0.1) is 0 Å². The van der Waals surface area contributed by atoms with Crippen LogP contribution < -0.4 is 5.32 Å². The lowest BCUT2D eigenvalue weighted by Crippen LogP contribution is -2.60. The molecule has 1 aromatic rings. The Kier molecular flexibility index (Phi) is 7.22. The summed E-state index contributed by atoms with van der Waals surface area (Å²) in [5.41, 5.74) is 0.221. The summed E-state index contributed by atoms with van der Waals surface area (Å²) < 4.78 is 114. The zero-order valence-electron chi connectivity index (χ0n) is 13.1. The average molecular weight is 519 g/mol. The summed E-state index contributed by atoms with van der Waals surface area (Å²) >= 11 is 1.09. The van der Waals surface area contributed by atoms with Crippen LogP contribution in [0.2, 0.25) is 0 Å². The number of hydrogen-bond acceptors (Lipinski definition) is 1. The SMILES string of the molecule is O=C(NCCC(I)=CC(F)(F)C(F)(F)C(F)(F)C(F)(F)F)c1ccccc1. The second kappa shape index (κ2) is 8.27. The maximum atomic E-state index is 13.4. The molecule has 0 bridgehead atoms. The fourth-order valence-electron chi connectivity index (χ4n) is 1.73. The van der Waals surface area contributed by atoms with E-state index in [1.165, 1.54) is 12.1 Å². The van der Waals surface area contributed by atoms with E-state index in [9.17, 15) is 44.3 Å². The average Bonchev–Trinajstić information content (AvgIpc) is 2.53. The Morgan fingerprint density at radius 2 is 1.44 bits per heavy atom. The highest BCUT2D eigenvalue weighted by molar-refractivity contribution is 14.1. The molecule has 0 saturated carbocycles. The van der Waals surface area contributed by atoms with Crippen LogP contribution >= 0.6 is 22.6 Å². The summed E-state index contributed by atoms with van der Waals surface area (Å²) in [7, 11) is 0. The molecule has 0 spiro atoms. The maximum Gasteiger partial charge on any atom is 0.460 e. The van der Waals surface area contributed by atoms with E-state index in [0.717, 1.165) is 22.6 Å². The van der Waals surface area contributed by atoms with E-state index >= 15 is 0 Å². The van der Waals surface area contributed by atoms with E-state index in [-0.39, 0.29) is 12.1 Å². The molecule has 0 radical (unpaired) electrons. The summed E-state index contributed by atoms with van der Waals surface area (Å²) in [4.78, 5) is 11.7. The van der Waals surface area contributed by atoms with Gasteiger partial charge in [-0.3, -0.25) is 4.79 Å². The Labute approximate surface area is 160 Å². The third-order valence-corrected chi connectivity index (χ3v) is 4.04. The van der Waals surface area contributed by atoms with Gasteiger partial charge in [-0.2, -0.15) is 39.5 Å². The highest BCUT2D eigenvalue weighted by Gasteiger charge is 2.81. The normalized spacial score (nSPS) is 14.2. The lowest BCUT2D eigenvalue weighted by molar-refractivity contribution is -0.388. The molecule has 0 heterocycles. The van der Waals surface area contributed by atoms with Gasteiger partial charge in [0.15, 0.2) is 0 Å². The van der Waals surface area contributed by atoms with E-state index in [1.54, 1.807) is 18.2 Å². The number of benzene rings is 1. The first-order chi connectivity index (χ1) is 12.1. The Balaban J connectivity index is 2.81. The molecule has 0 aliphatic carbocycles. The minimum atomic E-state index is -6.93. The summed E-state index contributed by atoms with van der Waals surface area (Å²) in [6.45, 7) is -0.334. The minimum Gasteiger partial charge on any atom is -0.352 e. The highest BCUT2D eigenvalue weighted by atomic mass is 127. The van der Waals surface area contributed by atoms with Crippen molar-refractivity contribution in [3.8, 4) is 0 Å². The summed E-state index contributed by atoms with van der Waals surface area (Å²) in [6, 6.07) is 7.58. The van der Waals surface area contributed by atoms with Gasteiger partial charge in [-0.05, 0) is 44.7 Å². The number of rotatable bonds is 7. The van der Waals surface area contributed by atoms with Gasteiger partial charge in [-0.15, -0.1) is 0 Å². The largest absolute Gasteiger partial charge is 0.460 e. The monoisotopic (exact) mass is 519 g/mol. The van der Waals surface area contributed by atoms with Crippen molar-refractivity contribution in [1.82, 2.24) is 5.32 Å². The Morgan fingerprint density at radius 1 is 0.926 bits per heavy atom. The lowest BCUT2D eigenvalue weighted by Gasteiger charge is -2.32. The van der Waals surface area contributed by atoms with Gasteiger partial charge in [0.1, 0.15) is 0 Å². The number of carbonyl (C=O) groups excluding carboxylic acids is 1. The Bertz CT molecular complexity index is 686. The van der Waals surface area contributed by atoms with E-state index in [4.69, 9.17) is 0 Å². The number of alkyl halides is 9. The first kappa shape index (κ1) is 23.6. The standard InChI is InChI=1S/C15H11F9INO/c16-12(17,13(18,19)14(20,21)15(22,23)24)8-10(25)6-7-26-11(27)9-4-2-1-3-5-9/h1-5,8H,6-7H2,(H,26,27). The predicted molar refractivity (Wildman–Crippen MR) is 86.4 cm³/mol. The maximum absolute atomic E-state index is 13.4. The third-order valence-electron chi connectivity index (χ3n) is 3.19. The van der Waals surface area contributed by atoms with E-state index in [2.05, 4.69) is 5.32 Å². The molecular formula is C15H11F9INO. The highest BCUT2D eigenvalue weighted by Crippen LogP contribution is 2.53. The zero-order valence-corrected chi connectivity index (χ0v) is 15.2. The van der Waals surface area contributed by atoms with Crippen molar-refractivity contribution >= 4 is 28.5 Å². The molecule has 0 aliphatic heterocycles. The van der Waals surface area contributed by atoms with E-state index < -0.39 is 45.9 Å². The molecule has 0 aromatic heterocycles. The van der Waals surface area contributed by atoms with Crippen molar-refractivity contribution in [3.63, 3.8) is 0 Å². The molecule has 1 amide bonds. The molecule has 152 valence electrons. The van der Waals surface area contributed by atoms with Crippen LogP contribution in [-0.4, -0.2) is 36.4 Å². The fraction of sp³-hybridized carbons (Fsp3) is 0.400. The van der Waals surface area contributed by atoms with Crippen LogP contribution in [0.4, 0.5) is 39.5 Å². The first-order valence-electron chi connectivity index (χ1n) is 7.04. The summed E-state index contributed by atoms with van der Waals surface area (Å²) in [5, 5.41) is 2.26. The predicted octanol–water partition coefficient (Wildman–Crippen LogP) is 5.59. The molecule has 12 heteroatoms. The van der Waals surface area contributed by atoms with E-state index in [0.29, 0.717) is 0 Å². The summed E-state index contributed by atoms with van der Waals surface area (Å²) in [6.07, 6.45) is -8.01. The van der Waals surface area contributed by atoms with Crippen molar-refractivity contribution in [2.24, 2.45) is 0 Å². The molecule has 2 nitrogen and oxygen atoms in total. The minimum absolute atomic E-state index is 0.221. The van der Waals surface area contributed by atoms with Gasteiger partial charge < -0.3 is 5.32 Å². The molecule has 1 N–H and O–H groups in total. The van der Waals surface area contributed by atoms with Crippen LogP contribution in [-0.2, 0) is 0 Å². The van der Waals surface area contributed by atoms with Gasteiger partial charge in [0.25, 0.3) is 5.91 Å². The van der Waals surface area contributed by atoms with Crippen LogP contribution in [0.25, 0.3) is 0 Å². The van der Waals surface area contributed by atoms with Crippen molar-refractivity contribution in [3.05, 3.63) is 45.6 Å². The Morgan fingerprint density at radius 3 is 1.93 bits per heavy atom. The second-order valence-electron chi connectivity index (χ2n) is 5.23. The third kappa shape index (κ3) is 5.29. The van der Waals surface area contributed by atoms with Gasteiger partial charge in [0, 0.05) is 18.2 Å². The van der Waals surface area contributed by atoms with Gasteiger partial charge in [-0.1, -0.05) is 18.2 Å². The fourth-order valence-corrected chi connectivity index (χ4v) is 2.39. The van der Waals surface area contributed by atoms with Gasteiger partial charge in [-0.25, -0.2) is 0 Å². The second-order valence-corrected chi connectivity index (χ2v) is 6.62. The molecule has 27 heavy (non-hydrogen) atoms. The van der Waals surface area contributed by atoms with Gasteiger partial charge in [0.2, 0.25) is 0 Å². The van der Waals surface area contributed by atoms with Crippen molar-refractivity contribution in [2.75, 3.05) is 6.54 Å². The number of halogens is 10. The smallest absolute Gasteiger partial charge is 0.352 e. The number of nitrogens with one attached hydrogen (secondary N) is 1. The Hall–Kier alpha value is -1.47. The van der Waals surface area contributed by atoms with Crippen LogP contribution in [0.3, 0.4) is 0 Å². The molecule has 1 rings (SSSR count). The molecule has 0 saturated heterocycles. The molecule has 0 atom stereocenters.